The maximum atomic E-state index is 13.0. The molecule has 0 atom stereocenters. The Balaban J connectivity index is 1.26. The predicted octanol–water partition coefficient (Wildman–Crippen LogP) is 2.57. The molecule has 6 heteroatoms. The van der Waals surface area contributed by atoms with Gasteiger partial charge in [-0.15, -0.1) is 0 Å². The van der Waals surface area contributed by atoms with Crippen molar-refractivity contribution < 1.29 is 9.59 Å². The highest BCUT2D eigenvalue weighted by molar-refractivity contribution is 5.80. The zero-order valence-corrected chi connectivity index (χ0v) is 17.0. The number of anilines is 1. The van der Waals surface area contributed by atoms with Gasteiger partial charge in [-0.1, -0.05) is 18.2 Å². The lowest BCUT2D eigenvalue weighted by Crippen LogP contribution is -2.52. The van der Waals surface area contributed by atoms with Gasteiger partial charge in [0.2, 0.25) is 5.91 Å². The number of piperidine rings is 1. The largest absolute Gasteiger partial charge is 0.368 e. The molecule has 0 saturated carbocycles. The van der Waals surface area contributed by atoms with Crippen molar-refractivity contribution in [2.45, 2.75) is 32.6 Å². The predicted molar refractivity (Wildman–Crippen MR) is 110 cm³/mol. The number of rotatable bonds is 2. The number of urea groups is 1. The molecule has 152 valence electrons. The Bertz CT molecular complexity index is 700. The molecule has 0 unspecified atom stereocenters. The summed E-state index contributed by atoms with van der Waals surface area (Å²) < 4.78 is 0. The molecule has 1 aromatic carbocycles. The third-order valence-electron chi connectivity index (χ3n) is 6.54. The first-order valence-corrected chi connectivity index (χ1v) is 10.8. The third kappa shape index (κ3) is 3.96. The van der Waals surface area contributed by atoms with E-state index in [2.05, 4.69) is 36.1 Å². The Morgan fingerprint density at radius 2 is 1.39 bits per heavy atom. The molecule has 0 N–H and O–H groups in total. The molecule has 0 radical (unpaired) electrons. The Hall–Kier alpha value is -2.24. The van der Waals surface area contributed by atoms with Gasteiger partial charge in [-0.25, -0.2) is 4.79 Å². The highest BCUT2D eigenvalue weighted by Gasteiger charge is 2.33. The fourth-order valence-electron chi connectivity index (χ4n) is 4.77. The van der Waals surface area contributed by atoms with Crippen LogP contribution in [0.4, 0.5) is 10.5 Å². The van der Waals surface area contributed by atoms with Crippen LogP contribution in [-0.2, 0) is 4.79 Å². The minimum atomic E-state index is 0.0765. The summed E-state index contributed by atoms with van der Waals surface area (Å²) in [6.45, 7) is 8.73. The number of hydrogen-bond acceptors (Lipinski definition) is 3. The summed E-state index contributed by atoms with van der Waals surface area (Å²) in [5.74, 6) is 0.366. The first-order chi connectivity index (χ1) is 13.6. The number of nitrogens with zero attached hydrogens (tertiary/aromatic N) is 4. The Morgan fingerprint density at radius 1 is 0.786 bits per heavy atom. The number of hydrogen-bond donors (Lipinski definition) is 0. The monoisotopic (exact) mass is 384 g/mol. The van der Waals surface area contributed by atoms with E-state index in [1.165, 1.54) is 11.3 Å². The van der Waals surface area contributed by atoms with Gasteiger partial charge in [-0.3, -0.25) is 4.79 Å². The van der Waals surface area contributed by atoms with Crippen LogP contribution in [0.15, 0.2) is 24.3 Å². The molecule has 4 rings (SSSR count). The van der Waals surface area contributed by atoms with E-state index >= 15 is 0 Å². The Morgan fingerprint density at radius 3 is 2.04 bits per heavy atom. The van der Waals surface area contributed by atoms with Gasteiger partial charge < -0.3 is 19.6 Å². The van der Waals surface area contributed by atoms with Crippen molar-refractivity contribution in [1.82, 2.24) is 14.7 Å². The van der Waals surface area contributed by atoms with E-state index in [0.717, 1.165) is 78.0 Å². The van der Waals surface area contributed by atoms with Crippen molar-refractivity contribution in [3.8, 4) is 0 Å². The van der Waals surface area contributed by atoms with E-state index in [4.69, 9.17) is 0 Å². The van der Waals surface area contributed by atoms with Gasteiger partial charge in [0.05, 0.1) is 0 Å². The highest BCUT2D eigenvalue weighted by Crippen LogP contribution is 2.24. The molecule has 0 spiro atoms. The van der Waals surface area contributed by atoms with Crippen molar-refractivity contribution in [1.29, 1.82) is 0 Å². The molecule has 0 bridgehead atoms. The summed E-state index contributed by atoms with van der Waals surface area (Å²) in [4.78, 5) is 33.9. The van der Waals surface area contributed by atoms with Crippen LogP contribution >= 0.6 is 0 Å². The second-order valence-corrected chi connectivity index (χ2v) is 8.34. The Labute approximate surface area is 168 Å². The molecule has 0 aliphatic carbocycles. The van der Waals surface area contributed by atoms with Gasteiger partial charge in [-0.2, -0.15) is 0 Å². The van der Waals surface area contributed by atoms with Crippen LogP contribution in [0, 0.1) is 12.8 Å². The van der Waals surface area contributed by atoms with Gasteiger partial charge in [-0.05, 0) is 44.2 Å². The van der Waals surface area contributed by atoms with Crippen molar-refractivity contribution in [3.63, 3.8) is 0 Å². The van der Waals surface area contributed by atoms with Crippen LogP contribution in [0.3, 0.4) is 0 Å². The average molecular weight is 385 g/mol. The fourth-order valence-corrected chi connectivity index (χ4v) is 4.77. The molecule has 3 amide bonds. The molecule has 3 saturated heterocycles. The molecule has 3 aliphatic rings. The van der Waals surface area contributed by atoms with E-state index < -0.39 is 0 Å². The van der Waals surface area contributed by atoms with Crippen LogP contribution in [0.1, 0.15) is 31.2 Å². The summed E-state index contributed by atoms with van der Waals surface area (Å²) in [5, 5.41) is 0. The lowest BCUT2D eigenvalue weighted by atomic mass is 9.95. The van der Waals surface area contributed by atoms with Gasteiger partial charge in [0, 0.05) is 64.0 Å². The van der Waals surface area contributed by atoms with Crippen LogP contribution in [-0.4, -0.2) is 79.0 Å². The van der Waals surface area contributed by atoms with Gasteiger partial charge in [0.1, 0.15) is 0 Å². The number of para-hydroxylation sites is 1. The maximum Gasteiger partial charge on any atom is 0.319 e. The minimum absolute atomic E-state index is 0.0765. The van der Waals surface area contributed by atoms with E-state index in [1.807, 2.05) is 14.7 Å². The minimum Gasteiger partial charge on any atom is -0.368 e. The number of aryl methyl sites for hydroxylation is 1. The molecule has 3 heterocycles. The van der Waals surface area contributed by atoms with E-state index in [9.17, 15) is 9.59 Å². The van der Waals surface area contributed by atoms with Crippen molar-refractivity contribution in [2.75, 3.05) is 57.3 Å². The van der Waals surface area contributed by atoms with Gasteiger partial charge in [0.15, 0.2) is 0 Å². The molecule has 3 aliphatic heterocycles. The number of carbonyl (C=O) groups is 2. The number of piperazine rings is 1. The molecule has 6 nitrogen and oxygen atoms in total. The third-order valence-corrected chi connectivity index (χ3v) is 6.54. The van der Waals surface area contributed by atoms with Crippen molar-refractivity contribution in [2.24, 2.45) is 5.92 Å². The molecule has 0 aromatic heterocycles. The summed E-state index contributed by atoms with van der Waals surface area (Å²) in [6, 6.07) is 8.64. The van der Waals surface area contributed by atoms with E-state index in [-0.39, 0.29) is 17.9 Å². The molecule has 28 heavy (non-hydrogen) atoms. The normalized spacial score (nSPS) is 21.3. The number of amides is 3. The lowest BCUT2D eigenvalue weighted by Gasteiger charge is -2.40. The zero-order valence-electron chi connectivity index (χ0n) is 17.0. The van der Waals surface area contributed by atoms with Crippen LogP contribution < -0.4 is 4.90 Å². The standard InChI is InChI=1S/C22H32N4O2/c1-18-6-2-3-7-20(18)23-14-16-24(17-15-23)21(27)19-8-12-26(13-9-19)22(28)25-10-4-5-11-25/h2-3,6-7,19H,4-5,8-17H2,1H3. The zero-order chi connectivity index (χ0) is 19.5. The smallest absolute Gasteiger partial charge is 0.319 e. The average Bonchev–Trinajstić information content (AvgIpc) is 3.28. The first kappa shape index (κ1) is 19.1. The summed E-state index contributed by atoms with van der Waals surface area (Å²) in [7, 11) is 0. The summed E-state index contributed by atoms with van der Waals surface area (Å²) in [6.07, 6.45) is 3.84. The molecule has 1 aromatic rings. The summed E-state index contributed by atoms with van der Waals surface area (Å²) >= 11 is 0. The second kappa shape index (κ2) is 8.41. The topological polar surface area (TPSA) is 47.1 Å². The number of likely N-dealkylation sites (tertiary alicyclic amines) is 2. The van der Waals surface area contributed by atoms with Crippen LogP contribution in [0.25, 0.3) is 0 Å². The van der Waals surface area contributed by atoms with Crippen LogP contribution in [0.5, 0.6) is 0 Å². The first-order valence-electron chi connectivity index (χ1n) is 10.8. The van der Waals surface area contributed by atoms with E-state index in [0.29, 0.717) is 0 Å². The van der Waals surface area contributed by atoms with E-state index in [1.54, 1.807) is 0 Å². The highest BCUT2D eigenvalue weighted by atomic mass is 16.2. The molecule has 3 fully saturated rings. The van der Waals surface area contributed by atoms with Crippen LogP contribution in [0.2, 0.25) is 0 Å². The number of benzene rings is 1. The number of carbonyl (C=O) groups excluding carboxylic acids is 2. The Kier molecular flexibility index (Phi) is 5.74. The molecular formula is C22H32N4O2. The lowest BCUT2D eigenvalue weighted by molar-refractivity contribution is -0.137. The van der Waals surface area contributed by atoms with Gasteiger partial charge >= 0.3 is 6.03 Å². The van der Waals surface area contributed by atoms with Crippen molar-refractivity contribution in [3.05, 3.63) is 29.8 Å². The van der Waals surface area contributed by atoms with Crippen molar-refractivity contribution >= 4 is 17.6 Å². The maximum absolute atomic E-state index is 13.0. The SMILES string of the molecule is Cc1ccccc1N1CCN(C(=O)C2CCN(C(=O)N3CCCC3)CC2)CC1. The fraction of sp³-hybridized carbons (Fsp3) is 0.636. The van der Waals surface area contributed by atoms with Gasteiger partial charge in [0.25, 0.3) is 0 Å². The summed E-state index contributed by atoms with van der Waals surface area (Å²) in [5.41, 5.74) is 2.57. The second-order valence-electron chi connectivity index (χ2n) is 8.34. The quantitative estimate of drug-likeness (QED) is 0.787. The molecular weight excluding hydrogens is 352 g/mol.